The number of carbonyl (C=O) groups is 2. The number of likely N-dealkylation sites (tertiary alicyclic amines) is 2. The highest BCUT2D eigenvalue weighted by Crippen LogP contribution is 2.40. The lowest BCUT2D eigenvalue weighted by atomic mass is 9.72. The van der Waals surface area contributed by atoms with Gasteiger partial charge < -0.3 is 19.3 Å². The SMILES string of the molecule is O=C(COC[C@H]1CCCO1)N1CCC2(CCC(=O)N(Cc3ccccn3)C2)CC1. The van der Waals surface area contributed by atoms with E-state index >= 15 is 0 Å². The van der Waals surface area contributed by atoms with Crippen LogP contribution in [0.3, 0.4) is 0 Å². The molecule has 158 valence electrons. The first-order chi connectivity index (χ1) is 14.1. The van der Waals surface area contributed by atoms with Crippen molar-refractivity contribution in [2.24, 2.45) is 5.41 Å². The van der Waals surface area contributed by atoms with Gasteiger partial charge in [0.05, 0.1) is 24.9 Å². The van der Waals surface area contributed by atoms with Crippen molar-refractivity contribution < 1.29 is 19.1 Å². The zero-order valence-corrected chi connectivity index (χ0v) is 17.1. The quantitative estimate of drug-likeness (QED) is 0.729. The summed E-state index contributed by atoms with van der Waals surface area (Å²) in [5.74, 6) is 0.275. The van der Waals surface area contributed by atoms with E-state index in [9.17, 15) is 9.59 Å². The second kappa shape index (κ2) is 9.22. The molecule has 7 heteroatoms. The van der Waals surface area contributed by atoms with E-state index in [4.69, 9.17) is 9.47 Å². The highest BCUT2D eigenvalue weighted by Gasteiger charge is 2.41. The Kier molecular flexibility index (Phi) is 6.45. The third-order valence-corrected chi connectivity index (χ3v) is 6.56. The van der Waals surface area contributed by atoms with Gasteiger partial charge in [-0.15, -0.1) is 0 Å². The molecular formula is C22H31N3O4. The molecule has 2 amide bonds. The topological polar surface area (TPSA) is 72.0 Å². The van der Waals surface area contributed by atoms with Crippen LogP contribution in [0, 0.1) is 5.41 Å². The minimum Gasteiger partial charge on any atom is -0.376 e. The van der Waals surface area contributed by atoms with E-state index in [1.165, 1.54) is 0 Å². The summed E-state index contributed by atoms with van der Waals surface area (Å²) in [7, 11) is 0. The molecule has 1 atom stereocenters. The molecule has 7 nitrogen and oxygen atoms in total. The summed E-state index contributed by atoms with van der Waals surface area (Å²) in [6.45, 7) is 4.27. The zero-order chi connectivity index (χ0) is 20.1. The van der Waals surface area contributed by atoms with Crippen LogP contribution < -0.4 is 0 Å². The van der Waals surface area contributed by atoms with Crippen LogP contribution in [0.25, 0.3) is 0 Å². The molecule has 3 aliphatic rings. The summed E-state index contributed by atoms with van der Waals surface area (Å²) in [5.41, 5.74) is 1.05. The highest BCUT2D eigenvalue weighted by molar-refractivity contribution is 5.78. The molecule has 29 heavy (non-hydrogen) atoms. The first-order valence-electron chi connectivity index (χ1n) is 10.8. The lowest BCUT2D eigenvalue weighted by Crippen LogP contribution is -2.52. The van der Waals surface area contributed by atoms with Crippen molar-refractivity contribution in [1.29, 1.82) is 0 Å². The average Bonchev–Trinajstić information content (AvgIpc) is 3.26. The third-order valence-electron chi connectivity index (χ3n) is 6.56. The molecular weight excluding hydrogens is 370 g/mol. The molecule has 4 heterocycles. The molecule has 0 saturated carbocycles. The smallest absolute Gasteiger partial charge is 0.248 e. The van der Waals surface area contributed by atoms with E-state index in [0.29, 0.717) is 19.6 Å². The number of nitrogens with zero attached hydrogens (tertiary/aromatic N) is 3. The van der Waals surface area contributed by atoms with Crippen molar-refractivity contribution in [3.05, 3.63) is 30.1 Å². The van der Waals surface area contributed by atoms with Crippen molar-refractivity contribution in [2.75, 3.05) is 39.5 Å². The molecule has 4 rings (SSSR count). The second-order valence-electron chi connectivity index (χ2n) is 8.60. The maximum absolute atomic E-state index is 12.5. The van der Waals surface area contributed by atoms with Crippen LogP contribution in [-0.4, -0.2) is 72.2 Å². The number of pyridine rings is 1. The van der Waals surface area contributed by atoms with Crippen LogP contribution in [0.1, 0.15) is 44.2 Å². The van der Waals surface area contributed by atoms with E-state index in [0.717, 1.165) is 64.0 Å². The minimum absolute atomic E-state index is 0.0649. The zero-order valence-electron chi connectivity index (χ0n) is 17.1. The highest BCUT2D eigenvalue weighted by atomic mass is 16.5. The number of aromatic nitrogens is 1. The number of hydrogen-bond donors (Lipinski definition) is 0. The van der Waals surface area contributed by atoms with Crippen LogP contribution in [0.4, 0.5) is 0 Å². The van der Waals surface area contributed by atoms with Gasteiger partial charge in [-0.1, -0.05) is 6.07 Å². The number of hydrogen-bond acceptors (Lipinski definition) is 5. The first-order valence-corrected chi connectivity index (χ1v) is 10.8. The number of piperidine rings is 2. The summed E-state index contributed by atoms with van der Waals surface area (Å²) in [6, 6.07) is 5.81. The number of ether oxygens (including phenoxy) is 2. The van der Waals surface area contributed by atoms with Crippen molar-refractivity contribution in [2.45, 2.75) is 51.2 Å². The van der Waals surface area contributed by atoms with E-state index in [1.54, 1.807) is 6.20 Å². The van der Waals surface area contributed by atoms with Crippen LogP contribution >= 0.6 is 0 Å². The molecule has 0 aliphatic carbocycles. The normalized spacial score (nSPS) is 24.3. The maximum Gasteiger partial charge on any atom is 0.248 e. The largest absolute Gasteiger partial charge is 0.376 e. The van der Waals surface area contributed by atoms with Gasteiger partial charge in [-0.2, -0.15) is 0 Å². The Balaban J connectivity index is 1.25. The predicted octanol–water partition coefficient (Wildman–Crippen LogP) is 2.01. The Morgan fingerprint density at radius 3 is 2.86 bits per heavy atom. The van der Waals surface area contributed by atoms with Crippen LogP contribution in [0.15, 0.2) is 24.4 Å². The molecule has 0 unspecified atom stereocenters. The fourth-order valence-electron chi connectivity index (χ4n) is 4.72. The molecule has 3 aliphatic heterocycles. The maximum atomic E-state index is 12.5. The van der Waals surface area contributed by atoms with Gasteiger partial charge in [-0.05, 0) is 49.7 Å². The number of carbonyl (C=O) groups excluding carboxylic acids is 2. The van der Waals surface area contributed by atoms with Gasteiger partial charge in [0.2, 0.25) is 11.8 Å². The third kappa shape index (κ3) is 5.14. The first kappa shape index (κ1) is 20.3. The average molecular weight is 402 g/mol. The second-order valence-corrected chi connectivity index (χ2v) is 8.60. The molecule has 1 aromatic heterocycles. The Morgan fingerprint density at radius 2 is 2.14 bits per heavy atom. The van der Waals surface area contributed by atoms with Gasteiger partial charge in [0, 0.05) is 38.9 Å². The molecule has 0 radical (unpaired) electrons. The van der Waals surface area contributed by atoms with Gasteiger partial charge in [-0.3, -0.25) is 14.6 Å². The molecule has 1 aromatic rings. The molecule has 3 saturated heterocycles. The summed E-state index contributed by atoms with van der Waals surface area (Å²) in [6.07, 6.45) is 7.41. The Morgan fingerprint density at radius 1 is 1.28 bits per heavy atom. The molecule has 0 N–H and O–H groups in total. The molecule has 0 bridgehead atoms. The van der Waals surface area contributed by atoms with E-state index in [-0.39, 0.29) is 29.9 Å². The fraction of sp³-hybridized carbons (Fsp3) is 0.682. The summed E-state index contributed by atoms with van der Waals surface area (Å²) in [5, 5.41) is 0. The summed E-state index contributed by atoms with van der Waals surface area (Å²) >= 11 is 0. The lowest BCUT2D eigenvalue weighted by Gasteiger charge is -2.47. The monoisotopic (exact) mass is 401 g/mol. The van der Waals surface area contributed by atoms with Crippen LogP contribution in [-0.2, 0) is 25.6 Å². The minimum atomic E-state index is 0.0649. The van der Waals surface area contributed by atoms with Crippen molar-refractivity contribution in [3.63, 3.8) is 0 Å². The van der Waals surface area contributed by atoms with Gasteiger partial charge in [0.25, 0.3) is 0 Å². The molecule has 1 spiro atoms. The fourth-order valence-corrected chi connectivity index (χ4v) is 4.72. The van der Waals surface area contributed by atoms with E-state index in [2.05, 4.69) is 4.98 Å². The van der Waals surface area contributed by atoms with Gasteiger partial charge in [0.1, 0.15) is 6.61 Å². The van der Waals surface area contributed by atoms with Crippen LogP contribution in [0.2, 0.25) is 0 Å². The predicted molar refractivity (Wildman–Crippen MR) is 107 cm³/mol. The van der Waals surface area contributed by atoms with Gasteiger partial charge in [0.15, 0.2) is 0 Å². The van der Waals surface area contributed by atoms with E-state index in [1.807, 2.05) is 28.0 Å². The Labute approximate surface area is 172 Å². The summed E-state index contributed by atoms with van der Waals surface area (Å²) in [4.78, 5) is 33.2. The standard InChI is InChI=1S/C22H31N3O4/c26-20-6-7-22(17-25(20)14-18-4-1-2-10-23-18)8-11-24(12-9-22)21(27)16-28-15-19-5-3-13-29-19/h1-2,4,10,19H,3,5-9,11-17H2/t19-/m1/s1. The number of rotatable bonds is 6. The van der Waals surface area contributed by atoms with E-state index < -0.39 is 0 Å². The molecule has 3 fully saturated rings. The van der Waals surface area contributed by atoms with Gasteiger partial charge >= 0.3 is 0 Å². The lowest BCUT2D eigenvalue weighted by molar-refractivity contribution is -0.145. The van der Waals surface area contributed by atoms with Crippen molar-refractivity contribution >= 4 is 11.8 Å². The summed E-state index contributed by atoms with van der Waals surface area (Å²) < 4.78 is 11.1. The van der Waals surface area contributed by atoms with Crippen LogP contribution in [0.5, 0.6) is 0 Å². The Bertz CT molecular complexity index is 697. The number of amides is 2. The van der Waals surface area contributed by atoms with Crippen molar-refractivity contribution in [1.82, 2.24) is 14.8 Å². The van der Waals surface area contributed by atoms with Crippen molar-refractivity contribution in [3.8, 4) is 0 Å². The van der Waals surface area contributed by atoms with Gasteiger partial charge in [-0.25, -0.2) is 0 Å². The Hall–Kier alpha value is -1.99. The molecule has 0 aromatic carbocycles.